The molecule has 0 spiro atoms. The van der Waals surface area contributed by atoms with Crippen LogP contribution in [0.4, 0.5) is 0 Å². The van der Waals surface area contributed by atoms with Gasteiger partial charge in [0.25, 0.3) is 0 Å². The summed E-state index contributed by atoms with van der Waals surface area (Å²) >= 11 is 0. The molecule has 0 atom stereocenters. The molecule has 3 nitrogen and oxygen atoms in total. The third kappa shape index (κ3) is 9.85. The van der Waals surface area contributed by atoms with Crippen LogP contribution in [0.1, 0.15) is 121 Å². The molecule has 0 aliphatic heterocycles. The molecule has 0 heterocycles. The Labute approximate surface area is 277 Å². The maximum absolute atomic E-state index is 9.80. The van der Waals surface area contributed by atoms with E-state index in [9.17, 15) is 5.11 Å². The summed E-state index contributed by atoms with van der Waals surface area (Å²) in [5.41, 5.74) is 2.24. The van der Waals surface area contributed by atoms with Gasteiger partial charge in [0.1, 0.15) is 11.5 Å². The van der Waals surface area contributed by atoms with Crippen LogP contribution in [0.15, 0.2) is 72.8 Å². The summed E-state index contributed by atoms with van der Waals surface area (Å²) in [6, 6.07) is 26.1. The predicted molar refractivity (Wildman–Crippen MR) is 197 cm³/mol. The fraction of sp³-hybridized carbons (Fsp3) is 0.488. The maximum Gasteiger partial charge on any atom is 0.123 e. The number of aryl methyl sites for hydroxylation is 1. The lowest BCUT2D eigenvalue weighted by Gasteiger charge is -2.14. The molecule has 1 N–H and O–H groups in total. The van der Waals surface area contributed by atoms with Gasteiger partial charge in [-0.2, -0.15) is 0 Å². The van der Waals surface area contributed by atoms with Crippen molar-refractivity contribution in [2.45, 2.75) is 123 Å². The van der Waals surface area contributed by atoms with Gasteiger partial charge in [0.15, 0.2) is 0 Å². The summed E-state index contributed by atoms with van der Waals surface area (Å²) in [6.07, 6.45) is 22.0. The summed E-state index contributed by atoms with van der Waals surface area (Å²) < 4.78 is 12.2. The first-order valence-corrected chi connectivity index (χ1v) is 18.4. The molecule has 0 aliphatic carbocycles. The van der Waals surface area contributed by atoms with Crippen LogP contribution < -0.4 is 9.47 Å². The van der Waals surface area contributed by atoms with Crippen molar-refractivity contribution < 1.29 is 14.6 Å². The van der Waals surface area contributed by atoms with E-state index in [4.69, 9.17) is 9.47 Å². The van der Waals surface area contributed by atoms with Crippen molar-refractivity contribution in [3.63, 3.8) is 0 Å². The van der Waals surface area contributed by atoms with Gasteiger partial charge in [-0.15, -0.1) is 0 Å². The van der Waals surface area contributed by atoms with E-state index >= 15 is 0 Å². The number of unbranched alkanes of at least 4 members (excludes halogenated alkanes) is 14. The predicted octanol–water partition coefficient (Wildman–Crippen LogP) is 12.3. The lowest BCUT2D eigenvalue weighted by atomic mass is 9.91. The van der Waals surface area contributed by atoms with E-state index in [0.29, 0.717) is 13.2 Å². The Kier molecular flexibility index (Phi) is 13.9. The van der Waals surface area contributed by atoms with Gasteiger partial charge in [-0.3, -0.25) is 0 Å². The zero-order valence-electron chi connectivity index (χ0n) is 28.3. The highest BCUT2D eigenvalue weighted by atomic mass is 16.5. The summed E-state index contributed by atoms with van der Waals surface area (Å²) in [4.78, 5) is 0. The van der Waals surface area contributed by atoms with Crippen molar-refractivity contribution in [3.8, 4) is 11.5 Å². The first-order chi connectivity index (χ1) is 22.8. The smallest absolute Gasteiger partial charge is 0.123 e. The van der Waals surface area contributed by atoms with Crippen molar-refractivity contribution in [1.29, 1.82) is 0 Å². The molecule has 0 radical (unpaired) electrons. The molecule has 0 saturated carbocycles. The first kappa shape index (κ1) is 34.0. The van der Waals surface area contributed by atoms with Crippen molar-refractivity contribution in [1.82, 2.24) is 0 Å². The van der Waals surface area contributed by atoms with Crippen LogP contribution in [0.5, 0.6) is 11.5 Å². The summed E-state index contributed by atoms with van der Waals surface area (Å²) in [5, 5.41) is 17.9. The van der Waals surface area contributed by atoms with E-state index in [1.807, 2.05) is 18.2 Å². The second kappa shape index (κ2) is 18.7. The molecule has 0 fully saturated rings. The van der Waals surface area contributed by atoms with Gasteiger partial charge in [0.2, 0.25) is 0 Å². The van der Waals surface area contributed by atoms with Crippen molar-refractivity contribution in [2.75, 3.05) is 13.2 Å². The minimum atomic E-state index is -0.0128. The highest BCUT2D eigenvalue weighted by Crippen LogP contribution is 2.36. The monoisotopic (exact) mass is 620 g/mol. The van der Waals surface area contributed by atoms with Crippen LogP contribution >= 0.6 is 0 Å². The average Bonchev–Trinajstić information content (AvgIpc) is 3.09. The molecule has 0 unspecified atom stereocenters. The molecule has 46 heavy (non-hydrogen) atoms. The second-order valence-corrected chi connectivity index (χ2v) is 13.3. The van der Waals surface area contributed by atoms with E-state index < -0.39 is 0 Å². The number of aliphatic hydroxyl groups excluding tert-OH is 1. The molecule has 246 valence electrons. The molecule has 5 rings (SSSR count). The van der Waals surface area contributed by atoms with E-state index in [2.05, 4.69) is 61.5 Å². The quantitative estimate of drug-likeness (QED) is 0.0583. The highest BCUT2D eigenvalue weighted by Gasteiger charge is 2.11. The van der Waals surface area contributed by atoms with Gasteiger partial charge in [-0.05, 0) is 81.3 Å². The number of hydrogen-bond donors (Lipinski definition) is 1. The first-order valence-electron chi connectivity index (χ1n) is 18.4. The van der Waals surface area contributed by atoms with Crippen LogP contribution in [0.2, 0.25) is 0 Å². The van der Waals surface area contributed by atoms with Crippen molar-refractivity contribution in [2.24, 2.45) is 0 Å². The van der Waals surface area contributed by atoms with Crippen LogP contribution in [-0.2, 0) is 13.0 Å². The van der Waals surface area contributed by atoms with Gasteiger partial charge < -0.3 is 14.6 Å². The number of rotatable bonds is 23. The normalized spacial score (nSPS) is 11.7. The van der Waals surface area contributed by atoms with E-state index in [0.717, 1.165) is 42.7 Å². The van der Waals surface area contributed by atoms with Crippen LogP contribution in [0.3, 0.4) is 0 Å². The number of benzene rings is 5. The third-order valence-electron chi connectivity index (χ3n) is 9.62. The number of hydrogen-bond acceptors (Lipinski definition) is 3. The molecular formula is C43H56O3. The molecule has 0 amide bonds. The second-order valence-electron chi connectivity index (χ2n) is 13.3. The topological polar surface area (TPSA) is 38.7 Å². The van der Waals surface area contributed by atoms with Crippen molar-refractivity contribution in [3.05, 3.63) is 83.9 Å². The van der Waals surface area contributed by atoms with Crippen LogP contribution in [0.25, 0.3) is 32.3 Å². The fourth-order valence-corrected chi connectivity index (χ4v) is 7.00. The van der Waals surface area contributed by atoms with Crippen LogP contribution in [-0.4, -0.2) is 18.3 Å². The Bertz CT molecular complexity index is 1570. The standard InChI is InChI=1S/C43H56O3/c1-2-3-4-5-6-7-8-9-10-11-12-13-14-16-28-45-39-30-34(33-44)31-40(32-39)46-29-17-15-19-35-22-23-38-25-24-36-20-18-21-37-26-27-41(35)43(38)42(36)37/h18,20-27,30-32,44H,2-17,19,28-29,33H2,1H3. The van der Waals surface area contributed by atoms with Gasteiger partial charge in [0, 0.05) is 6.07 Å². The SMILES string of the molecule is CCCCCCCCCCCCCCCCOc1cc(CO)cc(OCCCCc2ccc3ccc4cccc5ccc2c3c45)c1. The molecule has 5 aromatic rings. The lowest BCUT2D eigenvalue weighted by molar-refractivity contribution is 0.271. The largest absolute Gasteiger partial charge is 0.493 e. The molecular weight excluding hydrogens is 564 g/mol. The Hall–Kier alpha value is -3.30. The van der Waals surface area contributed by atoms with Crippen LogP contribution in [0, 0.1) is 0 Å². The zero-order valence-corrected chi connectivity index (χ0v) is 28.3. The van der Waals surface area contributed by atoms with Gasteiger partial charge in [0.05, 0.1) is 19.8 Å². The van der Waals surface area contributed by atoms with E-state index in [1.54, 1.807) is 0 Å². The number of ether oxygens (including phenoxy) is 2. The minimum absolute atomic E-state index is 0.0128. The zero-order chi connectivity index (χ0) is 31.8. The molecule has 0 saturated heterocycles. The average molecular weight is 621 g/mol. The van der Waals surface area contributed by atoms with Gasteiger partial charge in [-0.1, -0.05) is 145 Å². The third-order valence-corrected chi connectivity index (χ3v) is 9.62. The summed E-state index contributed by atoms with van der Waals surface area (Å²) in [5.74, 6) is 1.58. The lowest BCUT2D eigenvalue weighted by Crippen LogP contribution is -2.02. The Balaban J connectivity index is 0.975. The van der Waals surface area contributed by atoms with Gasteiger partial charge >= 0.3 is 0 Å². The summed E-state index contributed by atoms with van der Waals surface area (Å²) in [6.45, 7) is 3.64. The molecule has 0 bridgehead atoms. The Morgan fingerprint density at radius 3 is 1.59 bits per heavy atom. The summed E-state index contributed by atoms with van der Waals surface area (Å²) in [7, 11) is 0. The molecule has 0 aromatic heterocycles. The fourth-order valence-electron chi connectivity index (χ4n) is 7.00. The maximum atomic E-state index is 9.80. The minimum Gasteiger partial charge on any atom is -0.493 e. The molecule has 3 heteroatoms. The van der Waals surface area contributed by atoms with Crippen molar-refractivity contribution >= 4 is 32.3 Å². The molecule has 5 aromatic carbocycles. The Morgan fingerprint density at radius 1 is 0.500 bits per heavy atom. The highest BCUT2D eigenvalue weighted by molar-refractivity contribution is 6.23. The molecule has 0 aliphatic rings. The Morgan fingerprint density at radius 2 is 1.00 bits per heavy atom. The number of aliphatic hydroxyl groups is 1. The van der Waals surface area contributed by atoms with E-state index in [-0.39, 0.29) is 6.61 Å². The van der Waals surface area contributed by atoms with Gasteiger partial charge in [-0.25, -0.2) is 0 Å². The van der Waals surface area contributed by atoms with E-state index in [1.165, 1.54) is 121 Å².